The fourth-order valence-corrected chi connectivity index (χ4v) is 1.45. The Labute approximate surface area is 74.7 Å². The summed E-state index contributed by atoms with van der Waals surface area (Å²) in [6, 6.07) is 0. The van der Waals surface area contributed by atoms with E-state index in [1.807, 2.05) is 0 Å². The van der Waals surface area contributed by atoms with E-state index in [4.69, 9.17) is 4.74 Å². The van der Waals surface area contributed by atoms with Gasteiger partial charge in [-0.05, 0) is 6.42 Å². The van der Waals surface area contributed by atoms with Crippen molar-refractivity contribution < 1.29 is 23.0 Å². The van der Waals surface area contributed by atoms with Gasteiger partial charge < -0.3 is 9.84 Å². The maximum absolute atomic E-state index is 12.3. The zero-order valence-corrected chi connectivity index (χ0v) is 7.40. The van der Waals surface area contributed by atoms with E-state index in [1.54, 1.807) is 6.92 Å². The second-order valence-electron chi connectivity index (χ2n) is 3.38. The summed E-state index contributed by atoms with van der Waals surface area (Å²) in [5.41, 5.74) is -2.54. The molecule has 0 radical (unpaired) electrons. The van der Waals surface area contributed by atoms with Gasteiger partial charge in [0.25, 0.3) is 0 Å². The van der Waals surface area contributed by atoms with E-state index >= 15 is 0 Å². The van der Waals surface area contributed by atoms with Gasteiger partial charge in [-0.3, -0.25) is 0 Å². The van der Waals surface area contributed by atoms with Crippen LogP contribution in [-0.4, -0.2) is 29.6 Å². The molecule has 13 heavy (non-hydrogen) atoms. The van der Waals surface area contributed by atoms with Crippen LogP contribution < -0.4 is 0 Å². The highest BCUT2D eigenvalue weighted by atomic mass is 19.4. The van der Waals surface area contributed by atoms with Gasteiger partial charge in [0.1, 0.15) is 0 Å². The van der Waals surface area contributed by atoms with Crippen LogP contribution in [0.3, 0.4) is 0 Å². The van der Waals surface area contributed by atoms with E-state index < -0.39 is 17.9 Å². The summed E-state index contributed by atoms with van der Waals surface area (Å²) >= 11 is 0. The highest BCUT2D eigenvalue weighted by molar-refractivity contribution is 4.91. The van der Waals surface area contributed by atoms with Crippen molar-refractivity contribution in [3.63, 3.8) is 0 Å². The molecule has 0 aromatic carbocycles. The molecule has 1 heterocycles. The summed E-state index contributed by atoms with van der Waals surface area (Å²) in [6.07, 6.45) is -5.21. The van der Waals surface area contributed by atoms with E-state index in [9.17, 15) is 18.3 Å². The Bertz CT molecular complexity index is 181. The number of ether oxygens (including phenoxy) is 1. The number of hydrogen-bond acceptors (Lipinski definition) is 2. The molecule has 1 aliphatic rings. The Balaban J connectivity index is 2.68. The normalized spacial score (nSPS) is 36.2. The van der Waals surface area contributed by atoms with Gasteiger partial charge in [-0.25, -0.2) is 0 Å². The van der Waals surface area contributed by atoms with Crippen LogP contribution in [-0.2, 0) is 4.74 Å². The van der Waals surface area contributed by atoms with E-state index in [2.05, 4.69) is 0 Å². The molecular weight excluding hydrogens is 185 g/mol. The zero-order chi connectivity index (χ0) is 10.1. The number of hydrogen-bond donors (Lipinski definition) is 1. The maximum atomic E-state index is 12.3. The Morgan fingerprint density at radius 3 is 2.62 bits per heavy atom. The van der Waals surface area contributed by atoms with Crippen molar-refractivity contribution in [1.29, 1.82) is 0 Å². The molecule has 5 heteroatoms. The van der Waals surface area contributed by atoms with Crippen molar-refractivity contribution in [2.75, 3.05) is 6.61 Å². The lowest BCUT2D eigenvalue weighted by molar-refractivity contribution is -0.288. The van der Waals surface area contributed by atoms with E-state index in [0.717, 1.165) is 0 Å². The molecule has 1 rings (SSSR count). The third-order valence-electron chi connectivity index (χ3n) is 2.42. The molecule has 1 fully saturated rings. The van der Waals surface area contributed by atoms with Crippen LogP contribution in [0.15, 0.2) is 0 Å². The summed E-state index contributed by atoms with van der Waals surface area (Å²) in [7, 11) is 0. The summed E-state index contributed by atoms with van der Waals surface area (Å²) < 4.78 is 42.0. The predicted octanol–water partition coefficient (Wildman–Crippen LogP) is 1.87. The minimum absolute atomic E-state index is 0.0193. The average molecular weight is 198 g/mol. The van der Waals surface area contributed by atoms with Gasteiger partial charge in [-0.1, -0.05) is 6.92 Å². The van der Waals surface area contributed by atoms with Crippen LogP contribution in [0, 0.1) is 0 Å². The lowest BCUT2D eigenvalue weighted by Gasteiger charge is -2.37. The second-order valence-corrected chi connectivity index (χ2v) is 3.38. The van der Waals surface area contributed by atoms with Crippen molar-refractivity contribution in [2.24, 2.45) is 0 Å². The van der Waals surface area contributed by atoms with Crippen LogP contribution in [0.5, 0.6) is 0 Å². The lowest BCUT2D eigenvalue weighted by Crippen LogP contribution is -2.51. The fourth-order valence-electron chi connectivity index (χ4n) is 1.45. The molecule has 1 aliphatic heterocycles. The summed E-state index contributed by atoms with van der Waals surface area (Å²) in [6.45, 7) is 1.72. The largest absolute Gasteiger partial charge is 0.417 e. The SMILES string of the molecule is CCC1CC(O)(C(F)(F)F)CCO1. The van der Waals surface area contributed by atoms with Gasteiger partial charge in [0.2, 0.25) is 0 Å². The smallest absolute Gasteiger partial charge is 0.380 e. The molecule has 0 bridgehead atoms. The highest BCUT2D eigenvalue weighted by Gasteiger charge is 2.55. The first-order valence-corrected chi connectivity index (χ1v) is 4.30. The minimum atomic E-state index is -4.54. The first kappa shape index (κ1) is 10.8. The molecule has 2 nitrogen and oxygen atoms in total. The second kappa shape index (κ2) is 3.46. The molecule has 78 valence electrons. The van der Waals surface area contributed by atoms with E-state index in [0.29, 0.717) is 6.42 Å². The van der Waals surface area contributed by atoms with E-state index in [-0.39, 0.29) is 19.4 Å². The third-order valence-corrected chi connectivity index (χ3v) is 2.42. The Kier molecular flexibility index (Phi) is 2.87. The Hall–Kier alpha value is -0.290. The standard InChI is InChI=1S/C8H13F3O2/c1-2-6-5-7(12,3-4-13-6)8(9,10)11/h6,12H,2-5H2,1H3. The third kappa shape index (κ3) is 2.14. The van der Waals surface area contributed by atoms with Crippen molar-refractivity contribution in [3.8, 4) is 0 Å². The van der Waals surface area contributed by atoms with Crippen LogP contribution in [0.4, 0.5) is 13.2 Å². The molecular formula is C8H13F3O2. The summed E-state index contributed by atoms with van der Waals surface area (Å²) in [4.78, 5) is 0. The molecule has 0 saturated carbocycles. The van der Waals surface area contributed by atoms with E-state index in [1.165, 1.54) is 0 Å². The molecule has 2 unspecified atom stereocenters. The van der Waals surface area contributed by atoms with Gasteiger partial charge in [0.05, 0.1) is 12.7 Å². The molecule has 0 aliphatic carbocycles. The number of alkyl halides is 3. The lowest BCUT2D eigenvalue weighted by atomic mass is 9.89. The average Bonchev–Trinajstić information content (AvgIpc) is 2.02. The fraction of sp³-hybridized carbons (Fsp3) is 1.00. The van der Waals surface area contributed by atoms with Crippen LogP contribution >= 0.6 is 0 Å². The molecule has 1 N–H and O–H groups in total. The molecule has 1 saturated heterocycles. The van der Waals surface area contributed by atoms with Crippen molar-refractivity contribution >= 4 is 0 Å². The first-order chi connectivity index (χ1) is 5.89. The summed E-state index contributed by atoms with van der Waals surface area (Å²) in [5, 5.41) is 9.30. The number of rotatable bonds is 1. The number of aliphatic hydroxyl groups is 1. The monoisotopic (exact) mass is 198 g/mol. The Morgan fingerprint density at radius 1 is 1.54 bits per heavy atom. The van der Waals surface area contributed by atoms with Gasteiger partial charge in [-0.2, -0.15) is 13.2 Å². The molecule has 0 aromatic heterocycles. The molecule has 2 atom stereocenters. The predicted molar refractivity (Wildman–Crippen MR) is 40.3 cm³/mol. The van der Waals surface area contributed by atoms with Crippen molar-refractivity contribution in [2.45, 2.75) is 44.1 Å². The zero-order valence-electron chi connectivity index (χ0n) is 7.40. The van der Waals surface area contributed by atoms with Gasteiger partial charge >= 0.3 is 6.18 Å². The molecule has 0 spiro atoms. The molecule has 0 aromatic rings. The quantitative estimate of drug-likeness (QED) is 0.697. The topological polar surface area (TPSA) is 29.5 Å². The van der Waals surface area contributed by atoms with Crippen LogP contribution in [0.2, 0.25) is 0 Å². The minimum Gasteiger partial charge on any atom is -0.380 e. The van der Waals surface area contributed by atoms with Crippen LogP contribution in [0.1, 0.15) is 26.2 Å². The van der Waals surface area contributed by atoms with Gasteiger partial charge in [-0.15, -0.1) is 0 Å². The van der Waals surface area contributed by atoms with Gasteiger partial charge in [0, 0.05) is 12.8 Å². The van der Waals surface area contributed by atoms with Crippen molar-refractivity contribution in [3.05, 3.63) is 0 Å². The first-order valence-electron chi connectivity index (χ1n) is 4.30. The van der Waals surface area contributed by atoms with Gasteiger partial charge in [0.15, 0.2) is 5.60 Å². The highest BCUT2D eigenvalue weighted by Crippen LogP contribution is 2.40. The Morgan fingerprint density at radius 2 is 2.15 bits per heavy atom. The maximum Gasteiger partial charge on any atom is 0.417 e. The molecule has 0 amide bonds. The van der Waals surface area contributed by atoms with Crippen LogP contribution in [0.25, 0.3) is 0 Å². The number of halogens is 3. The summed E-state index contributed by atoms with van der Waals surface area (Å²) in [5.74, 6) is 0. The van der Waals surface area contributed by atoms with Crippen molar-refractivity contribution in [1.82, 2.24) is 0 Å².